The lowest BCUT2D eigenvalue weighted by molar-refractivity contribution is 0.574. The highest BCUT2D eigenvalue weighted by atomic mass is 79.9. The van der Waals surface area contributed by atoms with Crippen molar-refractivity contribution in [3.05, 3.63) is 40.9 Å². The van der Waals surface area contributed by atoms with Crippen LogP contribution >= 0.6 is 27.7 Å². The summed E-state index contributed by atoms with van der Waals surface area (Å²) in [7, 11) is 0. The zero-order valence-corrected chi connectivity index (χ0v) is 11.8. The van der Waals surface area contributed by atoms with Gasteiger partial charge in [-0.1, -0.05) is 17.7 Å². The first-order valence-electron chi connectivity index (χ1n) is 5.11. The number of hydrazine groups is 1. The van der Waals surface area contributed by atoms with Gasteiger partial charge in [0.2, 0.25) is 0 Å². The molecule has 0 saturated heterocycles. The molecule has 0 fully saturated rings. The minimum absolute atomic E-state index is 0.273. The van der Waals surface area contributed by atoms with E-state index in [1.54, 1.807) is 11.8 Å². The van der Waals surface area contributed by atoms with Crippen molar-refractivity contribution in [2.24, 2.45) is 5.84 Å². The van der Waals surface area contributed by atoms with E-state index in [4.69, 9.17) is 5.84 Å². The van der Waals surface area contributed by atoms with Crippen LogP contribution in [0.2, 0.25) is 0 Å². The van der Waals surface area contributed by atoms with Gasteiger partial charge in [0.05, 0.1) is 0 Å². The van der Waals surface area contributed by atoms with Crippen LogP contribution in [-0.2, 0) is 0 Å². The Hall–Kier alpha value is -0.290. The lowest BCUT2D eigenvalue weighted by atomic mass is 10.1. The summed E-state index contributed by atoms with van der Waals surface area (Å²) >= 11 is 5.32. The van der Waals surface area contributed by atoms with Gasteiger partial charge in [-0.3, -0.25) is 11.3 Å². The van der Waals surface area contributed by atoms with E-state index in [1.165, 1.54) is 4.90 Å². The fourth-order valence-corrected chi connectivity index (χ4v) is 2.94. The molecule has 0 amide bonds. The van der Waals surface area contributed by atoms with Crippen molar-refractivity contribution in [2.75, 3.05) is 5.75 Å². The Balaban J connectivity index is 2.49. The van der Waals surface area contributed by atoms with Gasteiger partial charge in [0.15, 0.2) is 0 Å². The lowest BCUT2D eigenvalue weighted by Gasteiger charge is -2.15. The smallest absolute Gasteiger partial charge is 0.0341 e. The molecule has 16 heavy (non-hydrogen) atoms. The first-order valence-corrected chi connectivity index (χ1v) is 6.89. The van der Waals surface area contributed by atoms with Crippen LogP contribution in [0.15, 0.2) is 45.8 Å². The van der Waals surface area contributed by atoms with Gasteiger partial charge in [-0.05, 0) is 41.4 Å². The first-order chi connectivity index (χ1) is 7.63. The van der Waals surface area contributed by atoms with Crippen LogP contribution in [0, 0.1) is 0 Å². The zero-order valence-electron chi connectivity index (χ0n) is 9.37. The second kappa shape index (κ2) is 7.12. The molecule has 1 rings (SSSR count). The molecule has 0 aliphatic rings. The van der Waals surface area contributed by atoms with Gasteiger partial charge in [0, 0.05) is 21.2 Å². The number of hydrogen-bond donors (Lipinski definition) is 2. The van der Waals surface area contributed by atoms with Crippen LogP contribution in [0.5, 0.6) is 0 Å². The first kappa shape index (κ1) is 13.8. The summed E-state index contributed by atoms with van der Waals surface area (Å²) < 4.78 is 1.13. The standard InChI is InChI=1S/C12H17BrN2S/c1-9(2)7-10(15-14)8-16-12-6-4-3-5-11(12)13/h3-6,10,15H,1,7-8,14H2,2H3. The van der Waals surface area contributed by atoms with Crippen molar-refractivity contribution < 1.29 is 0 Å². The third kappa shape index (κ3) is 4.70. The number of nitrogens with two attached hydrogens (primary N) is 1. The number of benzene rings is 1. The summed E-state index contributed by atoms with van der Waals surface area (Å²) in [5.74, 6) is 6.44. The predicted octanol–water partition coefficient (Wildman–Crippen LogP) is 3.34. The number of thioether (sulfide) groups is 1. The topological polar surface area (TPSA) is 38.0 Å². The molecule has 0 bridgehead atoms. The van der Waals surface area contributed by atoms with Crippen molar-refractivity contribution in [1.82, 2.24) is 5.43 Å². The molecule has 0 radical (unpaired) electrons. The number of nitrogens with one attached hydrogen (secondary N) is 1. The number of hydrogen-bond acceptors (Lipinski definition) is 3. The molecule has 2 nitrogen and oxygen atoms in total. The molecular formula is C12H17BrN2S. The highest BCUT2D eigenvalue weighted by Crippen LogP contribution is 2.27. The minimum Gasteiger partial charge on any atom is -0.271 e. The van der Waals surface area contributed by atoms with Crippen LogP contribution in [0.25, 0.3) is 0 Å². The van der Waals surface area contributed by atoms with Gasteiger partial charge >= 0.3 is 0 Å². The summed E-state index contributed by atoms with van der Waals surface area (Å²) in [4.78, 5) is 1.24. The van der Waals surface area contributed by atoms with Gasteiger partial charge in [0.25, 0.3) is 0 Å². The highest BCUT2D eigenvalue weighted by Gasteiger charge is 2.08. The number of halogens is 1. The molecule has 4 heteroatoms. The van der Waals surface area contributed by atoms with E-state index in [2.05, 4.69) is 34.0 Å². The van der Waals surface area contributed by atoms with E-state index in [0.717, 1.165) is 22.2 Å². The predicted molar refractivity (Wildman–Crippen MR) is 75.4 cm³/mol. The molecule has 0 saturated carbocycles. The van der Waals surface area contributed by atoms with Gasteiger partial charge < -0.3 is 0 Å². The van der Waals surface area contributed by atoms with Crippen LogP contribution < -0.4 is 11.3 Å². The molecule has 1 atom stereocenters. The molecule has 0 aliphatic carbocycles. The second-order valence-electron chi connectivity index (χ2n) is 3.77. The van der Waals surface area contributed by atoms with E-state index in [9.17, 15) is 0 Å². The Morgan fingerprint density at radius 1 is 1.56 bits per heavy atom. The highest BCUT2D eigenvalue weighted by molar-refractivity contribution is 9.10. The maximum Gasteiger partial charge on any atom is 0.0341 e. The van der Waals surface area contributed by atoms with E-state index in [-0.39, 0.29) is 6.04 Å². The lowest BCUT2D eigenvalue weighted by Crippen LogP contribution is -2.37. The molecule has 0 aliphatic heterocycles. The molecule has 88 valence electrons. The third-order valence-corrected chi connectivity index (χ3v) is 4.30. The largest absolute Gasteiger partial charge is 0.271 e. The van der Waals surface area contributed by atoms with E-state index >= 15 is 0 Å². The normalized spacial score (nSPS) is 12.4. The Bertz CT molecular complexity index is 355. The van der Waals surface area contributed by atoms with Crippen molar-refractivity contribution in [1.29, 1.82) is 0 Å². The van der Waals surface area contributed by atoms with Crippen LogP contribution in [-0.4, -0.2) is 11.8 Å². The van der Waals surface area contributed by atoms with Crippen LogP contribution in [0.3, 0.4) is 0 Å². The second-order valence-corrected chi connectivity index (χ2v) is 5.68. The Morgan fingerprint density at radius 2 is 2.25 bits per heavy atom. The van der Waals surface area contributed by atoms with E-state index in [0.29, 0.717) is 0 Å². The van der Waals surface area contributed by atoms with Crippen molar-refractivity contribution in [3.63, 3.8) is 0 Å². The zero-order chi connectivity index (χ0) is 12.0. The van der Waals surface area contributed by atoms with Crippen LogP contribution in [0.4, 0.5) is 0 Å². The fourth-order valence-electron chi connectivity index (χ4n) is 1.34. The van der Waals surface area contributed by atoms with Gasteiger partial charge in [0.1, 0.15) is 0 Å². The third-order valence-electron chi connectivity index (χ3n) is 2.11. The summed E-state index contributed by atoms with van der Waals surface area (Å²) in [5.41, 5.74) is 3.97. The minimum atomic E-state index is 0.273. The number of rotatable bonds is 6. The van der Waals surface area contributed by atoms with E-state index < -0.39 is 0 Å². The SMILES string of the molecule is C=C(C)CC(CSc1ccccc1Br)NN. The van der Waals surface area contributed by atoms with Crippen LogP contribution in [0.1, 0.15) is 13.3 Å². The molecule has 0 aromatic heterocycles. The molecular weight excluding hydrogens is 284 g/mol. The van der Waals surface area contributed by atoms with Gasteiger partial charge in [-0.25, -0.2) is 0 Å². The van der Waals surface area contributed by atoms with Crippen molar-refractivity contribution in [2.45, 2.75) is 24.3 Å². The molecule has 1 unspecified atom stereocenters. The molecule has 3 N–H and O–H groups in total. The van der Waals surface area contributed by atoms with Crippen molar-refractivity contribution in [3.8, 4) is 0 Å². The average molecular weight is 301 g/mol. The Kier molecular flexibility index (Phi) is 6.13. The summed E-state index contributed by atoms with van der Waals surface area (Å²) in [6.07, 6.45) is 0.911. The Morgan fingerprint density at radius 3 is 2.81 bits per heavy atom. The average Bonchev–Trinajstić information content (AvgIpc) is 2.25. The summed E-state index contributed by atoms with van der Waals surface area (Å²) in [5, 5.41) is 0. The molecule has 1 aromatic rings. The quantitative estimate of drug-likeness (QED) is 0.366. The summed E-state index contributed by atoms with van der Waals surface area (Å²) in [6, 6.07) is 8.47. The molecule has 0 spiro atoms. The Labute approximate surface area is 110 Å². The van der Waals surface area contributed by atoms with Gasteiger partial charge in [-0.2, -0.15) is 0 Å². The fraction of sp³-hybridized carbons (Fsp3) is 0.333. The maximum absolute atomic E-state index is 5.51. The molecule has 0 heterocycles. The maximum atomic E-state index is 5.51. The monoisotopic (exact) mass is 300 g/mol. The van der Waals surface area contributed by atoms with E-state index in [1.807, 2.05) is 25.1 Å². The van der Waals surface area contributed by atoms with Gasteiger partial charge in [-0.15, -0.1) is 18.3 Å². The molecule has 1 aromatic carbocycles. The van der Waals surface area contributed by atoms with Crippen molar-refractivity contribution >= 4 is 27.7 Å². The summed E-state index contributed by atoms with van der Waals surface area (Å²) in [6.45, 7) is 5.92.